The van der Waals surface area contributed by atoms with Crippen LogP contribution in [-0.2, 0) is 6.18 Å². The highest BCUT2D eigenvalue weighted by Gasteiger charge is 2.33. The maximum absolute atomic E-state index is 12.3. The average molecular weight is 260 g/mol. The minimum Gasteiger partial charge on any atom is -0.366 e. The number of nitrogens with zero attached hydrogens (tertiary/aromatic N) is 2. The van der Waals surface area contributed by atoms with E-state index in [2.05, 4.69) is 27.8 Å². The van der Waals surface area contributed by atoms with Crippen molar-refractivity contribution in [2.24, 2.45) is 0 Å². The van der Waals surface area contributed by atoms with Crippen molar-refractivity contribution in [3.63, 3.8) is 0 Å². The fourth-order valence-corrected chi connectivity index (χ4v) is 2.03. The lowest BCUT2D eigenvalue weighted by Gasteiger charge is -2.28. The molecule has 1 aromatic rings. The molecule has 0 amide bonds. The minimum atomic E-state index is -4.44. The molecule has 7 heteroatoms. The summed E-state index contributed by atoms with van der Waals surface area (Å²) in [5.74, 6) is 0.391. The summed E-state index contributed by atoms with van der Waals surface area (Å²) in [6.07, 6.45) is -2.59. The number of alkyl halides is 3. The van der Waals surface area contributed by atoms with Crippen LogP contribution in [0.5, 0.6) is 0 Å². The van der Waals surface area contributed by atoms with Gasteiger partial charge < -0.3 is 10.6 Å². The van der Waals surface area contributed by atoms with Gasteiger partial charge in [0.1, 0.15) is 5.82 Å². The van der Waals surface area contributed by atoms with Gasteiger partial charge in [0.2, 0.25) is 0 Å². The molecule has 0 saturated carbocycles. The minimum absolute atomic E-state index is 0.229. The number of nitrogens with one attached hydrogen (secondary N) is 2. The van der Waals surface area contributed by atoms with E-state index in [1.807, 2.05) is 0 Å². The molecule has 0 aliphatic carbocycles. The van der Waals surface area contributed by atoms with Gasteiger partial charge in [0.15, 0.2) is 5.69 Å². The van der Waals surface area contributed by atoms with Crippen LogP contribution in [0.3, 0.4) is 0 Å². The number of aromatic nitrogens is 2. The fraction of sp³-hybridized carbons (Fsp3) is 0.636. The van der Waals surface area contributed by atoms with Crippen molar-refractivity contribution in [2.45, 2.75) is 38.0 Å². The molecular weight excluding hydrogens is 245 g/mol. The van der Waals surface area contributed by atoms with Crippen LogP contribution in [0.4, 0.5) is 19.0 Å². The zero-order chi connectivity index (χ0) is 13.2. The molecule has 2 rings (SSSR count). The summed E-state index contributed by atoms with van der Waals surface area (Å²) >= 11 is 0. The van der Waals surface area contributed by atoms with Gasteiger partial charge in [-0.05, 0) is 38.4 Å². The highest BCUT2D eigenvalue weighted by atomic mass is 19.4. The largest absolute Gasteiger partial charge is 0.435 e. The predicted octanol–water partition coefficient (Wildman–Crippen LogP) is 2.05. The molecule has 1 aliphatic rings. The van der Waals surface area contributed by atoms with Gasteiger partial charge in [-0.1, -0.05) is 0 Å². The number of hydrogen-bond donors (Lipinski definition) is 2. The number of halogens is 3. The monoisotopic (exact) mass is 260 g/mol. The van der Waals surface area contributed by atoms with Crippen LogP contribution in [0.15, 0.2) is 12.1 Å². The molecule has 2 N–H and O–H groups in total. The Balaban J connectivity index is 1.98. The molecule has 1 fully saturated rings. The summed E-state index contributed by atoms with van der Waals surface area (Å²) in [5, 5.41) is 13.2. The molecule has 0 radical (unpaired) electrons. The van der Waals surface area contributed by atoms with Gasteiger partial charge >= 0.3 is 6.18 Å². The first kappa shape index (κ1) is 13.1. The Bertz CT molecular complexity index is 390. The summed E-state index contributed by atoms with van der Waals surface area (Å²) in [7, 11) is 0. The molecule has 4 nitrogen and oxygen atoms in total. The van der Waals surface area contributed by atoms with Crippen LogP contribution in [0.25, 0.3) is 0 Å². The molecule has 0 aromatic carbocycles. The second-order valence-electron chi connectivity index (χ2n) is 4.52. The van der Waals surface area contributed by atoms with E-state index in [-0.39, 0.29) is 6.04 Å². The van der Waals surface area contributed by atoms with Crippen LogP contribution in [0.1, 0.15) is 25.5 Å². The van der Waals surface area contributed by atoms with Gasteiger partial charge in [-0.15, -0.1) is 10.2 Å². The molecule has 18 heavy (non-hydrogen) atoms. The third-order valence-corrected chi connectivity index (χ3v) is 2.93. The van der Waals surface area contributed by atoms with Gasteiger partial charge in [-0.25, -0.2) is 0 Å². The Morgan fingerprint density at radius 3 is 2.67 bits per heavy atom. The van der Waals surface area contributed by atoms with E-state index in [1.165, 1.54) is 6.07 Å². The molecule has 0 bridgehead atoms. The van der Waals surface area contributed by atoms with E-state index in [4.69, 9.17) is 0 Å². The van der Waals surface area contributed by atoms with Crippen LogP contribution < -0.4 is 10.6 Å². The van der Waals surface area contributed by atoms with E-state index in [0.717, 1.165) is 25.5 Å². The summed E-state index contributed by atoms with van der Waals surface area (Å²) < 4.78 is 36.9. The topological polar surface area (TPSA) is 49.8 Å². The standard InChI is InChI=1S/C11H15F3N4/c1-7-6-8(4-5-15-7)16-10-3-2-9(17-18-10)11(12,13)14/h2-3,7-8,15H,4-6H2,1H3,(H,16,18). The van der Waals surface area contributed by atoms with E-state index in [0.29, 0.717) is 11.9 Å². The van der Waals surface area contributed by atoms with Crippen molar-refractivity contribution in [3.05, 3.63) is 17.8 Å². The van der Waals surface area contributed by atoms with Crippen LogP contribution in [0, 0.1) is 0 Å². The molecule has 100 valence electrons. The van der Waals surface area contributed by atoms with Gasteiger partial charge in [0, 0.05) is 12.1 Å². The van der Waals surface area contributed by atoms with E-state index in [9.17, 15) is 13.2 Å². The smallest absolute Gasteiger partial charge is 0.366 e. The highest BCUT2D eigenvalue weighted by molar-refractivity contribution is 5.34. The molecule has 2 unspecified atom stereocenters. The third kappa shape index (κ3) is 3.32. The lowest BCUT2D eigenvalue weighted by Crippen LogP contribution is -2.41. The molecule has 1 aromatic heterocycles. The number of rotatable bonds is 2. The summed E-state index contributed by atoms with van der Waals surface area (Å²) in [6.45, 7) is 2.97. The summed E-state index contributed by atoms with van der Waals surface area (Å²) in [5.41, 5.74) is -0.966. The Hall–Kier alpha value is -1.37. The first-order valence-corrected chi connectivity index (χ1v) is 5.86. The first-order valence-electron chi connectivity index (χ1n) is 5.86. The molecular formula is C11H15F3N4. The Morgan fingerprint density at radius 2 is 2.11 bits per heavy atom. The second kappa shape index (κ2) is 5.09. The van der Waals surface area contributed by atoms with E-state index >= 15 is 0 Å². The van der Waals surface area contributed by atoms with Crippen molar-refractivity contribution in [1.82, 2.24) is 15.5 Å². The zero-order valence-corrected chi connectivity index (χ0v) is 9.96. The maximum atomic E-state index is 12.3. The average Bonchev–Trinajstić information content (AvgIpc) is 2.28. The second-order valence-corrected chi connectivity index (χ2v) is 4.52. The zero-order valence-electron chi connectivity index (χ0n) is 9.96. The van der Waals surface area contributed by atoms with Crippen molar-refractivity contribution in [2.75, 3.05) is 11.9 Å². The lowest BCUT2D eigenvalue weighted by atomic mass is 10.0. The van der Waals surface area contributed by atoms with E-state index in [1.54, 1.807) is 0 Å². The Labute approximate surface area is 103 Å². The number of hydrogen-bond acceptors (Lipinski definition) is 4. The molecule has 1 saturated heterocycles. The molecule has 2 atom stereocenters. The Kier molecular flexibility index (Phi) is 3.70. The summed E-state index contributed by atoms with van der Waals surface area (Å²) in [4.78, 5) is 0. The van der Waals surface area contributed by atoms with Crippen LogP contribution in [-0.4, -0.2) is 28.8 Å². The maximum Gasteiger partial charge on any atom is 0.435 e. The van der Waals surface area contributed by atoms with Gasteiger partial charge in [-0.3, -0.25) is 0 Å². The van der Waals surface area contributed by atoms with Gasteiger partial charge in [-0.2, -0.15) is 13.2 Å². The first-order chi connectivity index (χ1) is 8.45. The van der Waals surface area contributed by atoms with E-state index < -0.39 is 11.9 Å². The molecule has 0 spiro atoms. The fourth-order valence-electron chi connectivity index (χ4n) is 2.03. The van der Waals surface area contributed by atoms with Gasteiger partial charge in [0.25, 0.3) is 0 Å². The number of anilines is 1. The number of piperidine rings is 1. The van der Waals surface area contributed by atoms with Crippen LogP contribution >= 0.6 is 0 Å². The SMILES string of the molecule is CC1CC(Nc2ccc(C(F)(F)F)nn2)CCN1. The van der Waals surface area contributed by atoms with Crippen molar-refractivity contribution in [1.29, 1.82) is 0 Å². The summed E-state index contributed by atoms with van der Waals surface area (Å²) in [6, 6.07) is 2.90. The predicted molar refractivity (Wildman–Crippen MR) is 61.1 cm³/mol. The van der Waals surface area contributed by atoms with Crippen molar-refractivity contribution in [3.8, 4) is 0 Å². The Morgan fingerprint density at radius 1 is 1.33 bits per heavy atom. The van der Waals surface area contributed by atoms with Gasteiger partial charge in [0.05, 0.1) is 0 Å². The molecule has 1 aliphatic heterocycles. The lowest BCUT2D eigenvalue weighted by molar-refractivity contribution is -0.141. The molecule has 2 heterocycles. The third-order valence-electron chi connectivity index (χ3n) is 2.93. The van der Waals surface area contributed by atoms with Crippen LogP contribution in [0.2, 0.25) is 0 Å². The van der Waals surface area contributed by atoms with Crippen molar-refractivity contribution >= 4 is 5.82 Å². The van der Waals surface area contributed by atoms with Crippen molar-refractivity contribution < 1.29 is 13.2 Å². The highest BCUT2D eigenvalue weighted by Crippen LogP contribution is 2.27. The normalized spacial score (nSPS) is 24.9. The quantitative estimate of drug-likeness (QED) is 0.854.